The van der Waals surface area contributed by atoms with Gasteiger partial charge in [-0.05, 0) is 28.7 Å². The minimum atomic E-state index is -0.216. The zero-order valence-electron chi connectivity index (χ0n) is 11.5. The fraction of sp³-hybridized carbons (Fsp3) is 0.312. The van der Waals surface area contributed by atoms with E-state index in [2.05, 4.69) is 50.0 Å². The topological polar surface area (TPSA) is 38.9 Å². The van der Waals surface area contributed by atoms with Crippen LogP contribution in [0.2, 0.25) is 5.02 Å². The van der Waals surface area contributed by atoms with E-state index < -0.39 is 0 Å². The molecule has 0 saturated heterocycles. The molecule has 3 heteroatoms. The summed E-state index contributed by atoms with van der Waals surface area (Å²) in [5, 5.41) is 0.624. The Hall–Kier alpha value is -1.38. The van der Waals surface area contributed by atoms with Crippen LogP contribution in [-0.4, -0.2) is 4.98 Å². The van der Waals surface area contributed by atoms with Crippen LogP contribution in [0.3, 0.4) is 0 Å². The molecule has 19 heavy (non-hydrogen) atoms. The molecule has 2 nitrogen and oxygen atoms in total. The molecule has 0 fully saturated rings. The van der Waals surface area contributed by atoms with Crippen LogP contribution in [0, 0.1) is 0 Å². The lowest BCUT2D eigenvalue weighted by Gasteiger charge is -2.20. The third-order valence-corrected chi connectivity index (χ3v) is 3.43. The van der Waals surface area contributed by atoms with E-state index in [9.17, 15) is 0 Å². The van der Waals surface area contributed by atoms with Gasteiger partial charge in [-0.25, -0.2) is 0 Å². The Balaban J connectivity index is 2.25. The third kappa shape index (κ3) is 3.34. The second-order valence-electron chi connectivity index (χ2n) is 5.75. The van der Waals surface area contributed by atoms with Crippen molar-refractivity contribution in [2.24, 2.45) is 5.73 Å². The Morgan fingerprint density at radius 1 is 1.05 bits per heavy atom. The summed E-state index contributed by atoms with van der Waals surface area (Å²) < 4.78 is 0. The zero-order valence-corrected chi connectivity index (χ0v) is 12.3. The van der Waals surface area contributed by atoms with Crippen LogP contribution in [0.5, 0.6) is 0 Å². The first-order valence-electron chi connectivity index (χ1n) is 6.35. The highest BCUT2D eigenvalue weighted by Gasteiger charge is 2.15. The highest BCUT2D eigenvalue weighted by atomic mass is 35.5. The molecule has 0 bridgehead atoms. The molecule has 1 aromatic carbocycles. The van der Waals surface area contributed by atoms with Crippen molar-refractivity contribution in [1.82, 2.24) is 4.98 Å². The number of hydrogen-bond acceptors (Lipinski definition) is 2. The Morgan fingerprint density at radius 3 is 2.16 bits per heavy atom. The predicted octanol–water partition coefficient (Wildman–Crippen LogP) is 4.08. The van der Waals surface area contributed by atoms with Crippen LogP contribution < -0.4 is 5.73 Å². The van der Waals surface area contributed by atoms with Gasteiger partial charge < -0.3 is 5.73 Å². The van der Waals surface area contributed by atoms with Crippen LogP contribution in [0.4, 0.5) is 0 Å². The predicted molar refractivity (Wildman–Crippen MR) is 80.4 cm³/mol. The van der Waals surface area contributed by atoms with Gasteiger partial charge in [0.1, 0.15) is 0 Å². The number of benzene rings is 1. The van der Waals surface area contributed by atoms with E-state index in [4.69, 9.17) is 17.3 Å². The number of halogens is 1. The van der Waals surface area contributed by atoms with Gasteiger partial charge in [0.2, 0.25) is 0 Å². The van der Waals surface area contributed by atoms with Gasteiger partial charge >= 0.3 is 0 Å². The molecule has 2 aromatic rings. The molecule has 0 aliphatic carbocycles. The number of aromatic nitrogens is 1. The van der Waals surface area contributed by atoms with E-state index in [0.717, 1.165) is 11.3 Å². The first-order valence-corrected chi connectivity index (χ1v) is 6.73. The maximum Gasteiger partial charge on any atom is 0.0726 e. The molecular weight excluding hydrogens is 256 g/mol. The molecule has 100 valence electrons. The van der Waals surface area contributed by atoms with Crippen molar-refractivity contribution < 1.29 is 0 Å². The Morgan fingerprint density at radius 2 is 1.68 bits per heavy atom. The normalized spacial score (nSPS) is 13.3. The van der Waals surface area contributed by atoms with E-state index in [-0.39, 0.29) is 11.5 Å². The molecule has 0 radical (unpaired) electrons. The molecule has 0 aliphatic heterocycles. The number of rotatable bonds is 2. The Labute approximate surface area is 119 Å². The summed E-state index contributed by atoms with van der Waals surface area (Å²) in [7, 11) is 0. The SMILES string of the molecule is CC(C)(C)c1ccc(C(N)c2ccc(Cl)cn2)cc1. The van der Waals surface area contributed by atoms with Gasteiger partial charge in [-0.1, -0.05) is 56.6 Å². The smallest absolute Gasteiger partial charge is 0.0726 e. The van der Waals surface area contributed by atoms with Crippen LogP contribution in [0.1, 0.15) is 43.6 Å². The summed E-state index contributed by atoms with van der Waals surface area (Å²) in [5.41, 5.74) is 9.56. The van der Waals surface area contributed by atoms with E-state index in [1.54, 1.807) is 6.20 Å². The minimum Gasteiger partial charge on any atom is -0.319 e. The van der Waals surface area contributed by atoms with E-state index in [1.165, 1.54) is 5.56 Å². The summed E-state index contributed by atoms with van der Waals surface area (Å²) >= 11 is 5.83. The maximum absolute atomic E-state index is 6.22. The molecule has 1 aromatic heterocycles. The third-order valence-electron chi connectivity index (χ3n) is 3.20. The van der Waals surface area contributed by atoms with Crippen molar-refractivity contribution in [3.8, 4) is 0 Å². The van der Waals surface area contributed by atoms with Crippen molar-refractivity contribution >= 4 is 11.6 Å². The average molecular weight is 275 g/mol. The molecule has 0 amide bonds. The Bertz CT molecular complexity index is 538. The molecule has 1 atom stereocenters. The van der Waals surface area contributed by atoms with Gasteiger partial charge in [-0.2, -0.15) is 0 Å². The van der Waals surface area contributed by atoms with Crippen LogP contribution in [0.25, 0.3) is 0 Å². The largest absolute Gasteiger partial charge is 0.319 e. The second kappa shape index (κ2) is 5.32. The Kier molecular flexibility index (Phi) is 3.93. The zero-order chi connectivity index (χ0) is 14.0. The van der Waals surface area contributed by atoms with Crippen LogP contribution in [0.15, 0.2) is 42.6 Å². The van der Waals surface area contributed by atoms with E-state index in [1.807, 2.05) is 12.1 Å². The van der Waals surface area contributed by atoms with Crippen LogP contribution in [-0.2, 0) is 5.41 Å². The molecule has 2 rings (SSSR count). The lowest BCUT2D eigenvalue weighted by atomic mass is 9.86. The number of nitrogens with two attached hydrogens (primary N) is 1. The van der Waals surface area contributed by atoms with Crippen molar-refractivity contribution in [1.29, 1.82) is 0 Å². The highest BCUT2D eigenvalue weighted by Crippen LogP contribution is 2.25. The van der Waals surface area contributed by atoms with Gasteiger partial charge in [0.05, 0.1) is 16.8 Å². The summed E-state index contributed by atoms with van der Waals surface area (Å²) in [4.78, 5) is 4.27. The lowest BCUT2D eigenvalue weighted by Crippen LogP contribution is -2.15. The molecule has 1 heterocycles. The monoisotopic (exact) mass is 274 g/mol. The van der Waals surface area contributed by atoms with E-state index in [0.29, 0.717) is 5.02 Å². The van der Waals surface area contributed by atoms with Gasteiger partial charge in [0.15, 0.2) is 0 Å². The number of nitrogens with zero attached hydrogens (tertiary/aromatic N) is 1. The summed E-state index contributed by atoms with van der Waals surface area (Å²) in [6.45, 7) is 6.59. The number of hydrogen-bond donors (Lipinski definition) is 1. The van der Waals surface area contributed by atoms with Gasteiger partial charge in [-0.3, -0.25) is 4.98 Å². The summed E-state index contributed by atoms with van der Waals surface area (Å²) in [6.07, 6.45) is 1.63. The summed E-state index contributed by atoms with van der Waals surface area (Å²) in [6, 6.07) is 11.9. The van der Waals surface area contributed by atoms with Gasteiger partial charge in [-0.15, -0.1) is 0 Å². The van der Waals surface area contributed by atoms with Crippen molar-refractivity contribution in [3.63, 3.8) is 0 Å². The van der Waals surface area contributed by atoms with Crippen molar-refractivity contribution in [3.05, 3.63) is 64.4 Å². The fourth-order valence-corrected chi connectivity index (χ4v) is 2.04. The standard InChI is InChI=1S/C16H19ClN2/c1-16(2,3)12-6-4-11(5-7-12)15(18)14-9-8-13(17)10-19-14/h4-10,15H,18H2,1-3H3. The van der Waals surface area contributed by atoms with E-state index >= 15 is 0 Å². The fourth-order valence-electron chi connectivity index (χ4n) is 1.93. The highest BCUT2D eigenvalue weighted by molar-refractivity contribution is 6.30. The van der Waals surface area contributed by atoms with Crippen molar-refractivity contribution in [2.75, 3.05) is 0 Å². The lowest BCUT2D eigenvalue weighted by molar-refractivity contribution is 0.589. The van der Waals surface area contributed by atoms with Crippen molar-refractivity contribution in [2.45, 2.75) is 32.2 Å². The molecule has 1 unspecified atom stereocenters. The molecule has 0 spiro atoms. The van der Waals surface area contributed by atoms with Gasteiger partial charge in [0.25, 0.3) is 0 Å². The maximum atomic E-state index is 6.22. The van der Waals surface area contributed by atoms with Gasteiger partial charge in [0, 0.05) is 6.20 Å². The minimum absolute atomic E-state index is 0.154. The number of pyridine rings is 1. The molecular formula is C16H19ClN2. The summed E-state index contributed by atoms with van der Waals surface area (Å²) in [5.74, 6) is 0. The quantitative estimate of drug-likeness (QED) is 0.896. The molecule has 0 aliphatic rings. The average Bonchev–Trinajstić information content (AvgIpc) is 2.38. The first-order chi connectivity index (χ1) is 8.88. The van der Waals surface area contributed by atoms with Crippen LogP contribution >= 0.6 is 11.6 Å². The first kappa shape index (κ1) is 14.0. The molecule has 0 saturated carbocycles. The molecule has 2 N–H and O–H groups in total. The second-order valence-corrected chi connectivity index (χ2v) is 6.19.